The zero-order valence-electron chi connectivity index (χ0n) is 11.9. The van der Waals surface area contributed by atoms with Gasteiger partial charge in [-0.05, 0) is 25.0 Å². The fourth-order valence-corrected chi connectivity index (χ4v) is 2.69. The van der Waals surface area contributed by atoms with E-state index < -0.39 is 5.41 Å². The highest BCUT2D eigenvalue weighted by atomic mass is 16.2. The van der Waals surface area contributed by atoms with Crippen molar-refractivity contribution in [2.45, 2.75) is 25.7 Å². The highest BCUT2D eigenvalue weighted by Gasteiger charge is 2.41. The lowest BCUT2D eigenvalue weighted by Gasteiger charge is -2.22. The van der Waals surface area contributed by atoms with Crippen molar-refractivity contribution in [1.82, 2.24) is 5.32 Å². The average molecular weight is 271 g/mol. The van der Waals surface area contributed by atoms with E-state index in [1.165, 1.54) is 0 Å². The first-order chi connectivity index (χ1) is 9.68. The molecule has 0 bridgehead atoms. The van der Waals surface area contributed by atoms with E-state index in [0.717, 1.165) is 25.1 Å². The van der Waals surface area contributed by atoms with Crippen LogP contribution in [0.1, 0.15) is 25.7 Å². The number of para-hydroxylation sites is 1. The van der Waals surface area contributed by atoms with Gasteiger partial charge in [0.2, 0.25) is 5.91 Å². The standard InChI is InChI=1S/C16H21N3O/c1-19(14-7-3-2-4-8-14)12-11-18-15(20)16(13-17)9-5-6-10-16/h2-4,7-8H,5-6,9-12H2,1H3,(H,18,20). The molecule has 1 fully saturated rings. The van der Waals surface area contributed by atoms with E-state index in [4.69, 9.17) is 0 Å². The van der Waals surface area contributed by atoms with E-state index in [1.807, 2.05) is 37.4 Å². The molecular formula is C16H21N3O. The van der Waals surface area contributed by atoms with Gasteiger partial charge in [0, 0.05) is 25.8 Å². The van der Waals surface area contributed by atoms with Crippen molar-refractivity contribution in [2.75, 3.05) is 25.0 Å². The first kappa shape index (κ1) is 14.4. The van der Waals surface area contributed by atoms with E-state index in [1.54, 1.807) is 0 Å². The maximum Gasteiger partial charge on any atom is 0.240 e. The van der Waals surface area contributed by atoms with Gasteiger partial charge in [0.05, 0.1) is 6.07 Å². The summed E-state index contributed by atoms with van der Waals surface area (Å²) in [5.74, 6) is -0.0982. The SMILES string of the molecule is CN(CCNC(=O)C1(C#N)CCCC1)c1ccccc1. The van der Waals surface area contributed by atoms with Crippen molar-refractivity contribution >= 4 is 11.6 Å². The molecule has 0 spiro atoms. The molecule has 1 aromatic carbocycles. The van der Waals surface area contributed by atoms with Crippen LogP contribution in [0.5, 0.6) is 0 Å². The van der Waals surface area contributed by atoms with Gasteiger partial charge in [0.1, 0.15) is 5.41 Å². The topological polar surface area (TPSA) is 56.1 Å². The summed E-state index contributed by atoms with van der Waals surface area (Å²) in [6.07, 6.45) is 3.35. The summed E-state index contributed by atoms with van der Waals surface area (Å²) in [7, 11) is 2.00. The van der Waals surface area contributed by atoms with Crippen molar-refractivity contribution < 1.29 is 4.79 Å². The number of hydrogen-bond acceptors (Lipinski definition) is 3. The summed E-state index contributed by atoms with van der Waals surface area (Å²) in [5.41, 5.74) is 0.350. The molecule has 4 heteroatoms. The predicted molar refractivity (Wildman–Crippen MR) is 79.2 cm³/mol. The number of carbonyl (C=O) groups excluding carboxylic acids is 1. The molecule has 20 heavy (non-hydrogen) atoms. The number of nitriles is 1. The number of benzene rings is 1. The summed E-state index contributed by atoms with van der Waals surface area (Å²) >= 11 is 0. The Morgan fingerprint density at radius 1 is 1.35 bits per heavy atom. The van der Waals surface area contributed by atoms with Crippen LogP contribution in [0.3, 0.4) is 0 Å². The third kappa shape index (κ3) is 3.11. The number of nitrogens with zero attached hydrogens (tertiary/aromatic N) is 2. The van der Waals surface area contributed by atoms with Crippen molar-refractivity contribution in [2.24, 2.45) is 5.41 Å². The van der Waals surface area contributed by atoms with Gasteiger partial charge in [-0.2, -0.15) is 5.26 Å². The number of nitrogens with one attached hydrogen (secondary N) is 1. The third-order valence-electron chi connectivity index (χ3n) is 4.04. The van der Waals surface area contributed by atoms with Gasteiger partial charge in [-0.3, -0.25) is 4.79 Å². The summed E-state index contributed by atoms with van der Waals surface area (Å²) in [6.45, 7) is 1.30. The number of amides is 1. The van der Waals surface area contributed by atoms with Gasteiger partial charge in [-0.1, -0.05) is 31.0 Å². The summed E-state index contributed by atoms with van der Waals surface area (Å²) in [6, 6.07) is 12.3. The zero-order valence-corrected chi connectivity index (χ0v) is 11.9. The van der Waals surface area contributed by atoms with Gasteiger partial charge in [0.25, 0.3) is 0 Å². The minimum atomic E-state index is -0.773. The Morgan fingerprint density at radius 2 is 2.00 bits per heavy atom. The molecule has 2 rings (SSSR count). The van der Waals surface area contributed by atoms with Crippen LogP contribution >= 0.6 is 0 Å². The smallest absolute Gasteiger partial charge is 0.240 e. The van der Waals surface area contributed by atoms with Gasteiger partial charge in [-0.15, -0.1) is 0 Å². The molecule has 1 saturated carbocycles. The normalized spacial score (nSPS) is 16.4. The number of carbonyl (C=O) groups is 1. The fraction of sp³-hybridized carbons (Fsp3) is 0.500. The average Bonchev–Trinajstić information content (AvgIpc) is 2.98. The summed E-state index contributed by atoms with van der Waals surface area (Å²) in [4.78, 5) is 14.3. The van der Waals surface area contributed by atoms with Crippen LogP contribution in [0.15, 0.2) is 30.3 Å². The van der Waals surface area contributed by atoms with Crippen LogP contribution in [0.25, 0.3) is 0 Å². The van der Waals surface area contributed by atoms with Gasteiger partial charge < -0.3 is 10.2 Å². The molecule has 0 heterocycles. The highest BCUT2D eigenvalue weighted by molar-refractivity contribution is 5.85. The van der Waals surface area contributed by atoms with E-state index in [9.17, 15) is 10.1 Å². The van der Waals surface area contributed by atoms with Crippen LogP contribution in [-0.4, -0.2) is 26.0 Å². The highest BCUT2D eigenvalue weighted by Crippen LogP contribution is 2.37. The maximum absolute atomic E-state index is 12.2. The quantitative estimate of drug-likeness (QED) is 0.894. The molecule has 106 valence electrons. The van der Waals surface area contributed by atoms with E-state index >= 15 is 0 Å². The molecule has 0 atom stereocenters. The van der Waals surface area contributed by atoms with Gasteiger partial charge >= 0.3 is 0 Å². The van der Waals surface area contributed by atoms with E-state index in [2.05, 4.69) is 16.3 Å². The largest absolute Gasteiger partial charge is 0.373 e. The van der Waals surface area contributed by atoms with Crippen LogP contribution < -0.4 is 10.2 Å². The van der Waals surface area contributed by atoms with Crippen molar-refractivity contribution in [1.29, 1.82) is 5.26 Å². The summed E-state index contributed by atoms with van der Waals surface area (Å²) in [5, 5.41) is 12.2. The second-order valence-corrected chi connectivity index (χ2v) is 5.41. The van der Waals surface area contributed by atoms with E-state index in [-0.39, 0.29) is 5.91 Å². The summed E-state index contributed by atoms with van der Waals surface area (Å²) < 4.78 is 0. The van der Waals surface area contributed by atoms with Gasteiger partial charge in [-0.25, -0.2) is 0 Å². The molecular weight excluding hydrogens is 250 g/mol. The van der Waals surface area contributed by atoms with Crippen LogP contribution in [0.2, 0.25) is 0 Å². The van der Waals surface area contributed by atoms with Crippen molar-refractivity contribution in [3.05, 3.63) is 30.3 Å². The Bertz CT molecular complexity index is 486. The zero-order chi connectivity index (χ0) is 14.4. The van der Waals surface area contributed by atoms with Crippen LogP contribution in [0.4, 0.5) is 5.69 Å². The van der Waals surface area contributed by atoms with Crippen LogP contribution in [0, 0.1) is 16.7 Å². The molecule has 1 aromatic rings. The number of rotatable bonds is 5. The molecule has 0 radical (unpaired) electrons. The second kappa shape index (κ2) is 6.42. The molecule has 1 N–H and O–H groups in total. The minimum Gasteiger partial charge on any atom is -0.373 e. The first-order valence-electron chi connectivity index (χ1n) is 7.14. The molecule has 0 aromatic heterocycles. The van der Waals surface area contributed by atoms with E-state index in [0.29, 0.717) is 19.4 Å². The molecule has 4 nitrogen and oxygen atoms in total. The Morgan fingerprint density at radius 3 is 2.60 bits per heavy atom. The third-order valence-corrected chi connectivity index (χ3v) is 4.04. The second-order valence-electron chi connectivity index (χ2n) is 5.41. The molecule has 1 amide bonds. The van der Waals surface area contributed by atoms with Crippen molar-refractivity contribution in [3.63, 3.8) is 0 Å². The number of hydrogen-bond donors (Lipinski definition) is 1. The Hall–Kier alpha value is -2.02. The maximum atomic E-state index is 12.2. The van der Waals surface area contributed by atoms with Crippen LogP contribution in [-0.2, 0) is 4.79 Å². The first-order valence-corrected chi connectivity index (χ1v) is 7.14. The molecule has 0 aliphatic heterocycles. The Labute approximate surface area is 120 Å². The molecule has 0 unspecified atom stereocenters. The van der Waals surface area contributed by atoms with Crippen molar-refractivity contribution in [3.8, 4) is 6.07 Å². The Balaban J connectivity index is 1.81. The lowest BCUT2D eigenvalue weighted by atomic mass is 9.87. The Kier molecular flexibility index (Phi) is 4.62. The fourth-order valence-electron chi connectivity index (χ4n) is 2.69. The van der Waals surface area contributed by atoms with Gasteiger partial charge in [0.15, 0.2) is 0 Å². The molecule has 1 aliphatic carbocycles. The lowest BCUT2D eigenvalue weighted by Crippen LogP contribution is -2.41. The molecule has 1 aliphatic rings. The lowest BCUT2D eigenvalue weighted by molar-refractivity contribution is -0.127. The number of anilines is 1. The minimum absolute atomic E-state index is 0.0982. The monoisotopic (exact) mass is 271 g/mol. The molecule has 0 saturated heterocycles. The number of likely N-dealkylation sites (N-methyl/N-ethyl adjacent to an activating group) is 1. The predicted octanol–water partition coefficient (Wildman–Crippen LogP) is 2.32.